The van der Waals surface area contributed by atoms with E-state index < -0.39 is 38.5 Å². The lowest BCUT2D eigenvalue weighted by Crippen LogP contribution is -2.55. The van der Waals surface area contributed by atoms with E-state index in [1.165, 1.54) is 50.4 Å². The number of nitrogens with one attached hydrogen (secondary N) is 1. The summed E-state index contributed by atoms with van der Waals surface area (Å²) in [6.45, 7) is 1.60. The number of halogens is 4. The maximum absolute atomic E-state index is 14.7. The molecule has 0 aromatic heterocycles. The number of carbonyl (C=O) groups excluding carboxylic acids is 2. The van der Waals surface area contributed by atoms with E-state index >= 15 is 0 Å². The Morgan fingerprint density at radius 2 is 1.73 bits per heavy atom. The van der Waals surface area contributed by atoms with Crippen molar-refractivity contribution in [1.82, 2.24) is 10.2 Å². The molecule has 2 amide bonds. The molecule has 1 N–H and O–H groups in total. The molecule has 0 aliphatic carbocycles. The summed E-state index contributed by atoms with van der Waals surface area (Å²) >= 11 is 6.36. The topological polar surface area (TPSA) is 114 Å². The number of benzene rings is 3. The predicted molar refractivity (Wildman–Crippen MR) is 155 cm³/mol. The van der Waals surface area contributed by atoms with Crippen LogP contribution in [0.5, 0.6) is 17.2 Å². The summed E-state index contributed by atoms with van der Waals surface area (Å²) in [7, 11) is -1.06. The summed E-state index contributed by atoms with van der Waals surface area (Å²) in [4.78, 5) is 27.7. The van der Waals surface area contributed by atoms with Crippen LogP contribution in [0, 0.1) is 0 Å². The number of fused-ring (bicyclic) bond motifs is 1. The molecular formula is C29H29ClF3N3O7S. The first-order valence-corrected chi connectivity index (χ1v) is 15.0. The molecule has 0 saturated carbocycles. The second-order valence-electron chi connectivity index (χ2n) is 9.72. The van der Waals surface area contributed by atoms with Gasteiger partial charge in [-0.2, -0.15) is 0 Å². The summed E-state index contributed by atoms with van der Waals surface area (Å²) < 4.78 is 83.7. The Kier molecular flexibility index (Phi) is 9.37. The fourth-order valence-electron chi connectivity index (χ4n) is 4.94. The molecular weight excluding hydrogens is 627 g/mol. The number of amides is 2. The van der Waals surface area contributed by atoms with Crippen molar-refractivity contribution >= 4 is 39.1 Å². The monoisotopic (exact) mass is 655 g/mol. The van der Waals surface area contributed by atoms with Crippen molar-refractivity contribution in [3.05, 3.63) is 76.8 Å². The molecule has 1 aliphatic rings. The number of anilines is 1. The van der Waals surface area contributed by atoms with Crippen LogP contribution in [0.2, 0.25) is 5.02 Å². The highest BCUT2D eigenvalue weighted by atomic mass is 35.5. The van der Waals surface area contributed by atoms with Gasteiger partial charge in [0.15, 0.2) is 11.3 Å². The van der Waals surface area contributed by atoms with Crippen molar-refractivity contribution < 1.29 is 45.4 Å². The Balaban J connectivity index is 1.99. The van der Waals surface area contributed by atoms with Crippen LogP contribution in [0.4, 0.5) is 18.9 Å². The zero-order valence-electron chi connectivity index (χ0n) is 24.1. The van der Waals surface area contributed by atoms with Crippen LogP contribution in [0.15, 0.2) is 65.6 Å². The van der Waals surface area contributed by atoms with Gasteiger partial charge in [-0.25, -0.2) is 12.7 Å². The Hall–Kier alpha value is -4.01. The molecule has 0 fully saturated rings. The van der Waals surface area contributed by atoms with Gasteiger partial charge in [-0.05, 0) is 42.8 Å². The van der Waals surface area contributed by atoms with Crippen LogP contribution in [0.25, 0.3) is 0 Å². The lowest BCUT2D eigenvalue weighted by Gasteiger charge is -2.33. The highest BCUT2D eigenvalue weighted by Gasteiger charge is 2.58. The van der Waals surface area contributed by atoms with Crippen LogP contribution in [0.3, 0.4) is 0 Å². The zero-order chi connectivity index (χ0) is 32.4. The first-order chi connectivity index (χ1) is 20.7. The van der Waals surface area contributed by atoms with Crippen LogP contribution in [-0.2, 0) is 25.2 Å². The first kappa shape index (κ1) is 32.9. The maximum Gasteiger partial charge on any atom is 0.573 e. The fourth-order valence-corrected chi connectivity index (χ4v) is 6.68. The molecule has 1 heterocycles. The van der Waals surface area contributed by atoms with Crippen molar-refractivity contribution in [2.24, 2.45) is 0 Å². The molecule has 236 valence electrons. The third kappa shape index (κ3) is 6.01. The maximum atomic E-state index is 14.7. The van der Waals surface area contributed by atoms with Crippen LogP contribution in [-0.4, -0.2) is 59.4 Å². The third-order valence-electron chi connectivity index (χ3n) is 6.96. The minimum absolute atomic E-state index is 0.0613. The Morgan fingerprint density at radius 1 is 1.02 bits per heavy atom. The van der Waals surface area contributed by atoms with Gasteiger partial charge in [0.2, 0.25) is 5.91 Å². The number of nitrogens with zero attached hydrogens (tertiary/aromatic N) is 2. The second-order valence-corrected chi connectivity index (χ2v) is 11.9. The third-order valence-corrected chi connectivity index (χ3v) is 8.93. The quantitative estimate of drug-likeness (QED) is 0.286. The zero-order valence-corrected chi connectivity index (χ0v) is 25.6. The van der Waals surface area contributed by atoms with Crippen molar-refractivity contribution in [1.29, 1.82) is 0 Å². The molecule has 44 heavy (non-hydrogen) atoms. The van der Waals surface area contributed by atoms with Crippen LogP contribution in [0.1, 0.15) is 30.9 Å². The molecule has 0 unspecified atom stereocenters. The Morgan fingerprint density at radius 3 is 2.36 bits per heavy atom. The number of hydrogen-bond donors (Lipinski definition) is 1. The molecule has 0 radical (unpaired) electrons. The van der Waals surface area contributed by atoms with Crippen LogP contribution < -0.4 is 23.8 Å². The molecule has 0 saturated heterocycles. The number of para-hydroxylation sites is 1. The summed E-state index contributed by atoms with van der Waals surface area (Å²) in [6.07, 6.45) is -4.49. The summed E-state index contributed by atoms with van der Waals surface area (Å²) in [5.41, 5.74) is -1.98. The minimum atomic E-state index is -5.27. The van der Waals surface area contributed by atoms with Gasteiger partial charge in [0.05, 0.1) is 26.6 Å². The Bertz CT molecular complexity index is 1690. The van der Waals surface area contributed by atoms with E-state index in [-0.39, 0.29) is 52.3 Å². The van der Waals surface area contributed by atoms with Crippen LogP contribution >= 0.6 is 11.6 Å². The van der Waals surface area contributed by atoms with Crippen molar-refractivity contribution in [2.75, 3.05) is 32.2 Å². The second kappa shape index (κ2) is 12.5. The van der Waals surface area contributed by atoms with E-state index in [0.29, 0.717) is 10.7 Å². The van der Waals surface area contributed by atoms with E-state index in [9.17, 15) is 31.2 Å². The number of carbonyl (C=O) groups is 2. The molecule has 1 atom stereocenters. The highest BCUT2D eigenvalue weighted by Crippen LogP contribution is 2.50. The number of sulfonamides is 1. The average Bonchev–Trinajstić information content (AvgIpc) is 3.22. The number of ether oxygens (including phenoxy) is 3. The average molecular weight is 656 g/mol. The van der Waals surface area contributed by atoms with E-state index in [0.717, 1.165) is 18.2 Å². The molecule has 10 nitrogen and oxygen atoms in total. The van der Waals surface area contributed by atoms with Crippen molar-refractivity contribution in [3.8, 4) is 17.2 Å². The van der Waals surface area contributed by atoms with Gasteiger partial charge >= 0.3 is 6.36 Å². The SMILES string of the molecule is CCCC(=O)N(C)CN[C@@]1(c2ccccc2OC)C(=O)N(S(=O)(=O)c2ccc(OC)cc2OC(F)(F)F)c2ccc(Cl)cc21. The minimum Gasteiger partial charge on any atom is -0.497 e. The number of methoxy groups -OCH3 is 2. The first-order valence-electron chi connectivity index (χ1n) is 13.2. The lowest BCUT2D eigenvalue weighted by molar-refractivity contribution is -0.275. The normalized spacial score (nSPS) is 16.5. The largest absolute Gasteiger partial charge is 0.573 e. The Labute approximate surface area is 257 Å². The van der Waals surface area contributed by atoms with E-state index in [1.54, 1.807) is 18.2 Å². The molecule has 15 heteroatoms. The van der Waals surface area contributed by atoms with E-state index in [4.69, 9.17) is 21.1 Å². The molecule has 0 bridgehead atoms. The standard InChI is InChI=1S/C29H29ClF3N3O7S/c1-5-8-26(37)35(2)17-34-28(20-9-6-7-10-23(20)42-4)21-15-18(30)11-13-22(21)36(27(28)38)44(39,40)25-14-12-19(41-3)16-24(25)43-29(31,32)33/h6-7,9-16,34H,5,8,17H2,1-4H3/t28-/m1/s1. The molecule has 3 aromatic carbocycles. The van der Waals surface area contributed by atoms with E-state index in [2.05, 4.69) is 10.1 Å². The smallest absolute Gasteiger partial charge is 0.497 e. The van der Waals surface area contributed by atoms with Gasteiger partial charge in [-0.15, -0.1) is 13.2 Å². The fraction of sp³-hybridized carbons (Fsp3) is 0.310. The molecule has 4 rings (SSSR count). The number of hydrogen-bond acceptors (Lipinski definition) is 8. The van der Waals surface area contributed by atoms with Gasteiger partial charge in [0, 0.05) is 35.7 Å². The predicted octanol–water partition coefficient (Wildman–Crippen LogP) is 5.04. The van der Waals surface area contributed by atoms with Crippen molar-refractivity contribution in [3.63, 3.8) is 0 Å². The van der Waals surface area contributed by atoms with Gasteiger partial charge in [-0.1, -0.05) is 36.7 Å². The van der Waals surface area contributed by atoms with Gasteiger partial charge in [0.1, 0.15) is 16.4 Å². The number of rotatable bonds is 11. The molecule has 1 aliphatic heterocycles. The van der Waals surface area contributed by atoms with E-state index in [1.807, 2.05) is 6.92 Å². The summed E-state index contributed by atoms with van der Waals surface area (Å²) in [6, 6.07) is 13.0. The highest BCUT2D eigenvalue weighted by molar-refractivity contribution is 7.93. The van der Waals surface area contributed by atoms with Gasteiger partial charge < -0.3 is 19.1 Å². The lowest BCUT2D eigenvalue weighted by atomic mass is 9.83. The summed E-state index contributed by atoms with van der Waals surface area (Å²) in [5, 5.41) is 3.20. The number of alkyl halides is 3. The van der Waals surface area contributed by atoms with Gasteiger partial charge in [0.25, 0.3) is 15.9 Å². The molecule has 0 spiro atoms. The van der Waals surface area contributed by atoms with Crippen molar-refractivity contribution in [2.45, 2.75) is 36.6 Å². The molecule has 3 aromatic rings. The van der Waals surface area contributed by atoms with Gasteiger partial charge in [-0.3, -0.25) is 14.9 Å². The summed E-state index contributed by atoms with van der Waals surface area (Å²) in [5.74, 6) is -2.39.